The quantitative estimate of drug-likeness (QED) is 0.673. The Hall–Kier alpha value is -2.29. The van der Waals surface area contributed by atoms with Crippen molar-refractivity contribution in [2.45, 2.75) is 19.8 Å². The molecule has 1 aliphatic rings. The molecule has 1 aromatic carbocycles. The molecule has 0 spiro atoms. The van der Waals surface area contributed by atoms with E-state index in [4.69, 9.17) is 9.72 Å². The van der Waals surface area contributed by atoms with Crippen molar-refractivity contribution in [1.29, 1.82) is 0 Å². The van der Waals surface area contributed by atoms with Gasteiger partial charge in [-0.25, -0.2) is 4.98 Å². The Morgan fingerprint density at radius 2 is 2.05 bits per heavy atom. The van der Waals surface area contributed by atoms with Gasteiger partial charge in [0, 0.05) is 11.3 Å². The van der Waals surface area contributed by atoms with Crippen LogP contribution in [0, 0.1) is 6.92 Å². The maximum Gasteiger partial charge on any atom is 0.137 e. The van der Waals surface area contributed by atoms with Crippen LogP contribution in [-0.4, -0.2) is 16.5 Å². The van der Waals surface area contributed by atoms with E-state index >= 15 is 0 Å². The van der Waals surface area contributed by atoms with E-state index in [-0.39, 0.29) is 0 Å². The summed E-state index contributed by atoms with van der Waals surface area (Å²) in [5, 5.41) is 0. The third-order valence-corrected chi connectivity index (χ3v) is 4.14. The molecule has 3 heteroatoms. The smallest absolute Gasteiger partial charge is 0.137 e. The zero-order valence-corrected chi connectivity index (χ0v) is 11.7. The fourth-order valence-corrected chi connectivity index (χ4v) is 3.15. The van der Waals surface area contributed by atoms with Gasteiger partial charge < -0.3 is 9.14 Å². The second-order valence-corrected chi connectivity index (χ2v) is 5.29. The van der Waals surface area contributed by atoms with Crippen LogP contribution in [0.5, 0.6) is 5.75 Å². The van der Waals surface area contributed by atoms with Crippen LogP contribution in [0.4, 0.5) is 0 Å². The molecule has 20 heavy (non-hydrogen) atoms. The number of aromatic nitrogens is 2. The van der Waals surface area contributed by atoms with Crippen LogP contribution in [0.25, 0.3) is 16.9 Å². The van der Waals surface area contributed by atoms with Gasteiger partial charge in [-0.15, -0.1) is 0 Å². The predicted octanol–water partition coefficient (Wildman–Crippen LogP) is 3.42. The number of fused-ring (bicyclic) bond motifs is 5. The monoisotopic (exact) mass is 264 g/mol. The van der Waals surface area contributed by atoms with E-state index in [0.29, 0.717) is 0 Å². The van der Waals surface area contributed by atoms with Crippen LogP contribution in [0.3, 0.4) is 0 Å². The topological polar surface area (TPSA) is 26.5 Å². The molecule has 0 fully saturated rings. The highest BCUT2D eigenvalue weighted by Gasteiger charge is 2.22. The third-order valence-electron chi connectivity index (χ3n) is 4.14. The Bertz CT molecular complexity index is 817. The van der Waals surface area contributed by atoms with E-state index in [1.54, 1.807) is 7.11 Å². The van der Waals surface area contributed by atoms with Crippen LogP contribution >= 0.6 is 0 Å². The Labute approximate surface area is 117 Å². The van der Waals surface area contributed by atoms with Gasteiger partial charge in [-0.2, -0.15) is 0 Å². The SMILES string of the molecule is COc1ccc2c(c1)-c1nc3cccc(C)n3c1CC2. The third kappa shape index (κ3) is 1.49. The van der Waals surface area contributed by atoms with Crippen molar-refractivity contribution in [3.05, 3.63) is 53.3 Å². The van der Waals surface area contributed by atoms with Gasteiger partial charge in [0.15, 0.2) is 0 Å². The van der Waals surface area contributed by atoms with Crippen LogP contribution < -0.4 is 4.74 Å². The minimum absolute atomic E-state index is 0.894. The fourth-order valence-electron chi connectivity index (χ4n) is 3.15. The van der Waals surface area contributed by atoms with Gasteiger partial charge in [0.05, 0.1) is 18.5 Å². The molecule has 0 atom stereocenters. The fraction of sp³-hybridized carbons (Fsp3) is 0.235. The number of imidazole rings is 1. The first kappa shape index (κ1) is 11.5. The van der Waals surface area contributed by atoms with Gasteiger partial charge in [-0.05, 0) is 49.6 Å². The summed E-state index contributed by atoms with van der Waals surface area (Å²) in [6.45, 7) is 2.13. The summed E-state index contributed by atoms with van der Waals surface area (Å²) in [6, 6.07) is 12.6. The summed E-state index contributed by atoms with van der Waals surface area (Å²) < 4.78 is 7.63. The molecule has 0 radical (unpaired) electrons. The molecule has 0 aliphatic heterocycles. The Balaban J connectivity index is 2.04. The average Bonchev–Trinajstić information content (AvgIpc) is 2.87. The lowest BCUT2D eigenvalue weighted by Crippen LogP contribution is -2.06. The van der Waals surface area contributed by atoms with Gasteiger partial charge in [0.1, 0.15) is 11.4 Å². The molecule has 2 aromatic heterocycles. The number of methoxy groups -OCH3 is 1. The van der Waals surface area contributed by atoms with Crippen LogP contribution in [-0.2, 0) is 12.8 Å². The highest BCUT2D eigenvalue weighted by atomic mass is 16.5. The van der Waals surface area contributed by atoms with Gasteiger partial charge in [0.25, 0.3) is 0 Å². The first-order chi connectivity index (χ1) is 9.78. The lowest BCUT2D eigenvalue weighted by atomic mass is 9.92. The van der Waals surface area contributed by atoms with E-state index in [1.165, 1.54) is 22.5 Å². The zero-order chi connectivity index (χ0) is 13.7. The summed E-state index contributed by atoms with van der Waals surface area (Å²) in [6.07, 6.45) is 2.11. The maximum absolute atomic E-state index is 5.36. The van der Waals surface area contributed by atoms with E-state index < -0.39 is 0 Å². The summed E-state index contributed by atoms with van der Waals surface area (Å²) in [7, 11) is 1.71. The van der Waals surface area contributed by atoms with E-state index in [0.717, 1.165) is 29.9 Å². The first-order valence-corrected chi connectivity index (χ1v) is 6.92. The number of pyridine rings is 1. The minimum Gasteiger partial charge on any atom is -0.497 e. The van der Waals surface area contributed by atoms with Gasteiger partial charge >= 0.3 is 0 Å². The molecule has 100 valence electrons. The van der Waals surface area contributed by atoms with Gasteiger partial charge in [-0.3, -0.25) is 0 Å². The second-order valence-electron chi connectivity index (χ2n) is 5.29. The second kappa shape index (κ2) is 4.10. The van der Waals surface area contributed by atoms with Crippen molar-refractivity contribution in [3.63, 3.8) is 0 Å². The average molecular weight is 264 g/mol. The number of hydrogen-bond acceptors (Lipinski definition) is 2. The van der Waals surface area contributed by atoms with Crippen molar-refractivity contribution in [3.8, 4) is 17.0 Å². The molecule has 0 amide bonds. The van der Waals surface area contributed by atoms with Crippen molar-refractivity contribution in [2.75, 3.05) is 7.11 Å². The standard InChI is InChI=1S/C17H16N2O/c1-11-4-3-5-16-18-17-14-10-13(20-2)8-6-12(14)7-9-15(17)19(11)16/h3-6,8,10H,7,9H2,1-2H3. The number of rotatable bonds is 1. The molecule has 3 nitrogen and oxygen atoms in total. The summed E-state index contributed by atoms with van der Waals surface area (Å²) in [5.41, 5.74) is 7.28. The molecule has 0 N–H and O–H groups in total. The van der Waals surface area contributed by atoms with Gasteiger partial charge in [-0.1, -0.05) is 12.1 Å². The van der Waals surface area contributed by atoms with Crippen LogP contribution in [0.15, 0.2) is 36.4 Å². The summed E-state index contributed by atoms with van der Waals surface area (Å²) >= 11 is 0. The number of hydrogen-bond donors (Lipinski definition) is 0. The van der Waals surface area contributed by atoms with E-state index in [2.05, 4.69) is 41.7 Å². The molecule has 0 bridgehead atoms. The number of aryl methyl sites for hydroxylation is 3. The molecule has 2 heterocycles. The zero-order valence-electron chi connectivity index (χ0n) is 11.7. The molecular weight excluding hydrogens is 248 g/mol. The van der Waals surface area contributed by atoms with Gasteiger partial charge in [0.2, 0.25) is 0 Å². The molecule has 4 rings (SSSR count). The Morgan fingerprint density at radius 3 is 2.90 bits per heavy atom. The summed E-state index contributed by atoms with van der Waals surface area (Å²) in [5.74, 6) is 0.894. The number of nitrogens with zero attached hydrogens (tertiary/aromatic N) is 2. The largest absolute Gasteiger partial charge is 0.497 e. The molecular formula is C17H16N2O. The van der Waals surface area contributed by atoms with Crippen LogP contribution in [0.2, 0.25) is 0 Å². The Kier molecular flexibility index (Phi) is 2.36. The van der Waals surface area contributed by atoms with Crippen molar-refractivity contribution < 1.29 is 4.74 Å². The molecule has 0 saturated carbocycles. The first-order valence-electron chi connectivity index (χ1n) is 6.92. The normalized spacial score (nSPS) is 13.1. The van der Waals surface area contributed by atoms with Crippen molar-refractivity contribution >= 4 is 5.65 Å². The van der Waals surface area contributed by atoms with Crippen molar-refractivity contribution in [2.24, 2.45) is 0 Å². The van der Waals surface area contributed by atoms with E-state index in [9.17, 15) is 0 Å². The number of ether oxygens (including phenoxy) is 1. The Morgan fingerprint density at radius 1 is 1.15 bits per heavy atom. The predicted molar refractivity (Wildman–Crippen MR) is 79.3 cm³/mol. The van der Waals surface area contributed by atoms with Crippen molar-refractivity contribution in [1.82, 2.24) is 9.38 Å². The van der Waals surface area contributed by atoms with Crippen LogP contribution in [0.1, 0.15) is 17.0 Å². The lowest BCUT2D eigenvalue weighted by molar-refractivity contribution is 0.415. The highest BCUT2D eigenvalue weighted by molar-refractivity contribution is 5.73. The molecule has 0 saturated heterocycles. The number of benzene rings is 1. The summed E-state index contributed by atoms with van der Waals surface area (Å²) in [4.78, 5) is 4.84. The molecule has 3 aromatic rings. The minimum atomic E-state index is 0.894. The maximum atomic E-state index is 5.36. The lowest BCUT2D eigenvalue weighted by Gasteiger charge is -2.17. The van der Waals surface area contributed by atoms with E-state index in [1.807, 2.05) is 6.07 Å². The highest BCUT2D eigenvalue weighted by Crippen LogP contribution is 2.36. The molecule has 1 aliphatic carbocycles. The molecule has 0 unspecified atom stereocenters.